The third-order valence-corrected chi connectivity index (χ3v) is 3.02. The van der Waals surface area contributed by atoms with Crippen molar-refractivity contribution in [2.24, 2.45) is 0 Å². The molecular formula is C15H12ClF3N2O. The molecule has 3 nitrogen and oxygen atoms in total. The van der Waals surface area contributed by atoms with Crippen LogP contribution in [0.25, 0.3) is 0 Å². The van der Waals surface area contributed by atoms with Crippen molar-refractivity contribution in [3.63, 3.8) is 0 Å². The van der Waals surface area contributed by atoms with E-state index < -0.39 is 17.8 Å². The van der Waals surface area contributed by atoms with E-state index in [9.17, 15) is 18.0 Å². The monoisotopic (exact) mass is 328 g/mol. The maximum atomic E-state index is 12.6. The Morgan fingerprint density at radius 3 is 2.50 bits per heavy atom. The largest absolute Gasteiger partial charge is 0.416 e. The predicted molar refractivity (Wildman–Crippen MR) is 78.8 cm³/mol. The molecule has 0 heterocycles. The van der Waals surface area contributed by atoms with Crippen LogP contribution in [-0.4, -0.2) is 6.03 Å². The Bertz CT molecular complexity index is 674. The van der Waals surface area contributed by atoms with Crippen molar-refractivity contribution < 1.29 is 18.0 Å². The number of carbonyl (C=O) groups excluding carboxylic acids is 1. The van der Waals surface area contributed by atoms with E-state index in [1.165, 1.54) is 12.1 Å². The van der Waals surface area contributed by atoms with Crippen LogP contribution < -0.4 is 10.6 Å². The molecule has 0 aliphatic heterocycles. The summed E-state index contributed by atoms with van der Waals surface area (Å²) in [4.78, 5) is 11.7. The van der Waals surface area contributed by atoms with Gasteiger partial charge in [0.05, 0.1) is 5.56 Å². The van der Waals surface area contributed by atoms with Crippen LogP contribution in [0, 0.1) is 0 Å². The minimum Gasteiger partial charge on any atom is -0.334 e. The first-order chi connectivity index (χ1) is 10.3. The van der Waals surface area contributed by atoms with Gasteiger partial charge in [0.1, 0.15) is 0 Å². The second-order valence-corrected chi connectivity index (χ2v) is 4.95. The maximum Gasteiger partial charge on any atom is 0.416 e. The van der Waals surface area contributed by atoms with Gasteiger partial charge in [-0.3, -0.25) is 0 Å². The van der Waals surface area contributed by atoms with E-state index in [0.717, 1.165) is 12.1 Å². The molecule has 0 bridgehead atoms. The van der Waals surface area contributed by atoms with Crippen LogP contribution in [0.4, 0.5) is 23.7 Å². The number of benzene rings is 2. The molecule has 116 valence electrons. The Labute approximate surface area is 130 Å². The zero-order chi connectivity index (χ0) is 16.2. The Balaban J connectivity index is 1.94. The van der Waals surface area contributed by atoms with Crippen molar-refractivity contribution in [1.82, 2.24) is 5.32 Å². The van der Waals surface area contributed by atoms with Gasteiger partial charge in [-0.1, -0.05) is 29.8 Å². The van der Waals surface area contributed by atoms with Crippen LogP contribution in [0.3, 0.4) is 0 Å². The molecule has 2 N–H and O–H groups in total. The molecule has 0 atom stereocenters. The van der Waals surface area contributed by atoms with Gasteiger partial charge in [0, 0.05) is 17.3 Å². The van der Waals surface area contributed by atoms with Gasteiger partial charge in [-0.15, -0.1) is 0 Å². The zero-order valence-electron chi connectivity index (χ0n) is 11.2. The van der Waals surface area contributed by atoms with Gasteiger partial charge < -0.3 is 10.6 Å². The summed E-state index contributed by atoms with van der Waals surface area (Å²) in [6, 6.07) is 10.8. The minimum atomic E-state index is -4.40. The number of alkyl halides is 3. The van der Waals surface area contributed by atoms with E-state index in [4.69, 9.17) is 11.6 Å². The first-order valence-electron chi connectivity index (χ1n) is 6.31. The normalized spacial score (nSPS) is 11.1. The number of hydrogen-bond acceptors (Lipinski definition) is 1. The molecule has 0 radical (unpaired) electrons. The molecule has 2 aromatic rings. The molecule has 0 fully saturated rings. The average molecular weight is 329 g/mol. The van der Waals surface area contributed by atoms with Gasteiger partial charge >= 0.3 is 12.2 Å². The smallest absolute Gasteiger partial charge is 0.334 e. The quantitative estimate of drug-likeness (QED) is 0.844. The van der Waals surface area contributed by atoms with Gasteiger partial charge in [0.25, 0.3) is 0 Å². The molecule has 0 aliphatic carbocycles. The molecule has 22 heavy (non-hydrogen) atoms. The number of carbonyl (C=O) groups is 1. The summed E-state index contributed by atoms with van der Waals surface area (Å²) in [5, 5.41) is 5.49. The van der Waals surface area contributed by atoms with Gasteiger partial charge in [-0.25, -0.2) is 4.79 Å². The van der Waals surface area contributed by atoms with Gasteiger partial charge in [0.2, 0.25) is 0 Å². The van der Waals surface area contributed by atoms with Crippen LogP contribution in [0.1, 0.15) is 11.1 Å². The molecule has 2 amide bonds. The molecule has 0 aliphatic rings. The number of nitrogens with one attached hydrogen (secondary N) is 2. The maximum absolute atomic E-state index is 12.6. The second-order valence-electron chi connectivity index (χ2n) is 4.52. The van der Waals surface area contributed by atoms with Crippen LogP contribution in [0.5, 0.6) is 0 Å². The van der Waals surface area contributed by atoms with Crippen molar-refractivity contribution >= 4 is 23.3 Å². The van der Waals surface area contributed by atoms with Crippen molar-refractivity contribution in [2.75, 3.05) is 5.32 Å². The van der Waals surface area contributed by atoms with Gasteiger partial charge in [0.15, 0.2) is 0 Å². The lowest BCUT2D eigenvalue weighted by Gasteiger charge is -2.10. The lowest BCUT2D eigenvalue weighted by atomic mass is 10.1. The van der Waals surface area contributed by atoms with Crippen LogP contribution in [0.15, 0.2) is 48.5 Å². The van der Waals surface area contributed by atoms with Crippen molar-refractivity contribution in [2.45, 2.75) is 12.7 Å². The topological polar surface area (TPSA) is 41.1 Å². The Hall–Kier alpha value is -2.21. The summed E-state index contributed by atoms with van der Waals surface area (Å²) in [6.45, 7) is -0.0175. The fourth-order valence-electron chi connectivity index (χ4n) is 1.78. The van der Waals surface area contributed by atoms with E-state index in [0.29, 0.717) is 16.3 Å². The van der Waals surface area contributed by atoms with Crippen molar-refractivity contribution in [3.05, 3.63) is 64.7 Å². The first-order valence-corrected chi connectivity index (χ1v) is 6.69. The van der Waals surface area contributed by atoms with Crippen LogP contribution >= 0.6 is 11.6 Å². The SMILES string of the molecule is O=C(NCc1cccc(C(F)(F)F)c1)Nc1cccc(Cl)c1. The third kappa shape index (κ3) is 4.66. The number of amides is 2. The van der Waals surface area contributed by atoms with Gasteiger partial charge in [-0.05, 0) is 35.9 Å². The Kier molecular flexibility index (Phi) is 4.92. The lowest BCUT2D eigenvalue weighted by molar-refractivity contribution is -0.137. The van der Waals surface area contributed by atoms with E-state index in [1.54, 1.807) is 24.3 Å². The summed E-state index contributed by atoms with van der Waals surface area (Å²) in [5.74, 6) is 0. The Morgan fingerprint density at radius 1 is 1.09 bits per heavy atom. The number of hydrogen-bond donors (Lipinski definition) is 2. The van der Waals surface area contributed by atoms with Crippen molar-refractivity contribution in [1.29, 1.82) is 0 Å². The molecule has 0 unspecified atom stereocenters. The highest BCUT2D eigenvalue weighted by atomic mass is 35.5. The standard InChI is InChI=1S/C15H12ClF3N2O/c16-12-5-2-6-13(8-12)21-14(22)20-9-10-3-1-4-11(7-10)15(17,18)19/h1-8H,9H2,(H2,20,21,22). The third-order valence-electron chi connectivity index (χ3n) is 2.79. The van der Waals surface area contributed by atoms with E-state index >= 15 is 0 Å². The molecule has 0 saturated carbocycles. The fourth-order valence-corrected chi connectivity index (χ4v) is 1.97. The summed E-state index contributed by atoms with van der Waals surface area (Å²) in [7, 11) is 0. The number of rotatable bonds is 3. The number of anilines is 1. The summed E-state index contributed by atoms with van der Waals surface area (Å²) in [5.41, 5.74) is 0.104. The van der Waals surface area contributed by atoms with Crippen LogP contribution in [-0.2, 0) is 12.7 Å². The summed E-state index contributed by atoms with van der Waals surface area (Å²) < 4.78 is 37.7. The highest BCUT2D eigenvalue weighted by Crippen LogP contribution is 2.29. The zero-order valence-corrected chi connectivity index (χ0v) is 12.0. The highest BCUT2D eigenvalue weighted by Gasteiger charge is 2.30. The molecule has 7 heteroatoms. The van der Waals surface area contributed by atoms with Crippen molar-refractivity contribution in [3.8, 4) is 0 Å². The molecule has 0 spiro atoms. The Morgan fingerprint density at radius 2 is 1.82 bits per heavy atom. The average Bonchev–Trinajstić information content (AvgIpc) is 2.45. The summed E-state index contributed by atoms with van der Waals surface area (Å²) in [6.07, 6.45) is -4.40. The first kappa shape index (κ1) is 16.2. The predicted octanol–water partition coefficient (Wildman–Crippen LogP) is 4.68. The number of urea groups is 1. The molecule has 0 aromatic heterocycles. The molecule has 0 saturated heterocycles. The molecule has 2 rings (SSSR count). The minimum absolute atomic E-state index is 0.0175. The van der Waals surface area contributed by atoms with E-state index in [2.05, 4.69) is 10.6 Å². The van der Waals surface area contributed by atoms with Crippen LogP contribution in [0.2, 0.25) is 5.02 Å². The molecule has 2 aromatic carbocycles. The summed E-state index contributed by atoms with van der Waals surface area (Å²) >= 11 is 5.78. The molecular weight excluding hydrogens is 317 g/mol. The fraction of sp³-hybridized carbons (Fsp3) is 0.133. The van der Waals surface area contributed by atoms with Gasteiger partial charge in [-0.2, -0.15) is 13.2 Å². The lowest BCUT2D eigenvalue weighted by Crippen LogP contribution is -2.28. The van der Waals surface area contributed by atoms with E-state index in [-0.39, 0.29) is 6.54 Å². The van der Waals surface area contributed by atoms with E-state index in [1.807, 2.05) is 0 Å². The second kappa shape index (κ2) is 6.70. The number of halogens is 4. The highest BCUT2D eigenvalue weighted by molar-refractivity contribution is 6.30.